The zero-order chi connectivity index (χ0) is 28.5. The second kappa shape index (κ2) is 13.0. The van der Waals surface area contributed by atoms with Crippen LogP contribution in [-0.2, 0) is 32.6 Å². The number of hydrogen-bond acceptors (Lipinski definition) is 5. The number of nitrogens with one attached hydrogen (secondary N) is 1. The maximum atomic E-state index is 13.7. The molecule has 0 saturated carbocycles. The van der Waals surface area contributed by atoms with Crippen molar-refractivity contribution in [3.63, 3.8) is 0 Å². The molecule has 1 N–H and O–H groups in total. The van der Waals surface area contributed by atoms with Crippen LogP contribution in [0.25, 0.3) is 6.08 Å². The minimum absolute atomic E-state index is 0.0741. The van der Waals surface area contributed by atoms with Crippen LogP contribution in [0, 0.1) is 11.7 Å². The average Bonchev–Trinajstić information content (AvgIpc) is 3.40. The van der Waals surface area contributed by atoms with Crippen LogP contribution >= 0.6 is 0 Å². The van der Waals surface area contributed by atoms with E-state index in [0.29, 0.717) is 23.4 Å². The maximum absolute atomic E-state index is 13.7. The number of benzene rings is 3. The molecule has 1 heterocycles. The summed E-state index contributed by atoms with van der Waals surface area (Å²) in [5, 5.41) is 5.20. The van der Waals surface area contributed by atoms with Crippen molar-refractivity contribution in [2.45, 2.75) is 19.9 Å². The summed E-state index contributed by atoms with van der Waals surface area (Å²) in [5.41, 5.74) is 2.62. The molecule has 8 nitrogen and oxygen atoms in total. The van der Waals surface area contributed by atoms with Crippen molar-refractivity contribution in [1.82, 2.24) is 14.5 Å². The van der Waals surface area contributed by atoms with E-state index in [0.717, 1.165) is 11.0 Å². The van der Waals surface area contributed by atoms with Crippen molar-refractivity contribution in [1.29, 1.82) is 0 Å². The highest BCUT2D eigenvalue weighted by Crippen LogP contribution is 2.20. The van der Waals surface area contributed by atoms with Crippen LogP contribution in [0.1, 0.15) is 23.6 Å². The van der Waals surface area contributed by atoms with Gasteiger partial charge in [0.1, 0.15) is 11.7 Å². The van der Waals surface area contributed by atoms with Crippen LogP contribution in [0.15, 0.2) is 103 Å². The van der Waals surface area contributed by atoms with Crippen LogP contribution in [0.3, 0.4) is 0 Å². The molecule has 206 valence electrons. The van der Waals surface area contributed by atoms with Crippen molar-refractivity contribution < 1.29 is 22.4 Å². The number of halogens is 1. The summed E-state index contributed by atoms with van der Waals surface area (Å²) < 4.78 is 42.4. The molecule has 1 unspecified atom stereocenters. The number of amides is 2. The lowest BCUT2D eigenvalue weighted by molar-refractivity contribution is -0.132. The summed E-state index contributed by atoms with van der Waals surface area (Å²) in [6.07, 6.45) is 4.50. The second-order valence-electron chi connectivity index (χ2n) is 9.07. The number of para-hydroxylation sites is 1. The third-order valence-electron chi connectivity index (χ3n) is 6.13. The van der Waals surface area contributed by atoms with E-state index in [2.05, 4.69) is 5.10 Å². The highest BCUT2D eigenvalue weighted by Gasteiger charge is 2.33. The van der Waals surface area contributed by atoms with Crippen molar-refractivity contribution >= 4 is 33.6 Å². The van der Waals surface area contributed by atoms with Gasteiger partial charge in [-0.05, 0) is 60.4 Å². The number of hydrogen-bond donors (Lipinski definition) is 1. The third kappa shape index (κ3) is 7.73. The standard InChI is InChI=1S/C30H29FN4O4S/c1-2-35(27-11-7-4-8-12-27)30(37)28(29(36)33-40(38,39)18-17-23-9-5-3-6-10-23)19-25-20-32-34(22-25)21-24-13-15-26(31)16-14-24/h3-18,20,22,28H,2,19,21H2,1H3,(H,33,36)/b18-17+. The molecule has 1 atom stereocenters. The summed E-state index contributed by atoms with van der Waals surface area (Å²) in [5.74, 6) is -3.17. The first-order valence-electron chi connectivity index (χ1n) is 12.7. The van der Waals surface area contributed by atoms with E-state index in [1.807, 2.05) is 10.8 Å². The lowest BCUT2D eigenvalue weighted by atomic mass is 9.99. The molecule has 3 aromatic carbocycles. The molecule has 0 saturated heterocycles. The molecule has 0 radical (unpaired) electrons. The average molecular weight is 561 g/mol. The van der Waals surface area contributed by atoms with Gasteiger partial charge in [-0.3, -0.25) is 14.3 Å². The molecule has 40 heavy (non-hydrogen) atoms. The Hall–Kier alpha value is -4.57. The van der Waals surface area contributed by atoms with Crippen LogP contribution < -0.4 is 9.62 Å². The lowest BCUT2D eigenvalue weighted by Gasteiger charge is -2.25. The molecule has 0 aliphatic heterocycles. The number of nitrogens with zero attached hydrogens (tertiary/aromatic N) is 3. The highest BCUT2D eigenvalue weighted by atomic mass is 32.2. The third-order valence-corrected chi connectivity index (χ3v) is 7.11. The number of aromatic nitrogens is 2. The number of sulfonamides is 1. The summed E-state index contributed by atoms with van der Waals surface area (Å²) in [6, 6.07) is 23.6. The first kappa shape index (κ1) is 28.4. The van der Waals surface area contributed by atoms with Crippen LogP contribution in [0.5, 0.6) is 0 Å². The molecule has 1 aromatic heterocycles. The van der Waals surface area contributed by atoms with Crippen LogP contribution in [0.4, 0.5) is 10.1 Å². The fourth-order valence-electron chi connectivity index (χ4n) is 4.14. The van der Waals surface area contributed by atoms with Crippen LogP contribution in [0.2, 0.25) is 0 Å². The minimum Gasteiger partial charge on any atom is -0.312 e. The Morgan fingerprint density at radius 1 is 0.975 bits per heavy atom. The SMILES string of the molecule is CCN(C(=O)C(Cc1cnn(Cc2ccc(F)cc2)c1)C(=O)NS(=O)(=O)/C=C/c1ccccc1)c1ccccc1. The summed E-state index contributed by atoms with van der Waals surface area (Å²) in [7, 11) is -4.19. The van der Waals surface area contributed by atoms with E-state index in [1.54, 1.807) is 84.5 Å². The molecule has 0 spiro atoms. The van der Waals surface area contributed by atoms with Gasteiger partial charge in [0.15, 0.2) is 0 Å². The second-order valence-corrected chi connectivity index (χ2v) is 10.6. The van der Waals surface area contributed by atoms with Gasteiger partial charge in [-0.2, -0.15) is 5.10 Å². The largest absolute Gasteiger partial charge is 0.312 e. The molecule has 2 amide bonds. The van der Waals surface area contributed by atoms with Gasteiger partial charge in [0.25, 0.3) is 10.0 Å². The van der Waals surface area contributed by atoms with Crippen molar-refractivity contribution in [3.05, 3.63) is 125 Å². The van der Waals surface area contributed by atoms with E-state index in [1.165, 1.54) is 29.3 Å². The Labute approximate surface area is 232 Å². The predicted octanol–water partition coefficient (Wildman–Crippen LogP) is 4.40. The topological polar surface area (TPSA) is 101 Å². The molecular formula is C30H29FN4O4S. The van der Waals surface area contributed by atoms with Gasteiger partial charge in [0.2, 0.25) is 11.8 Å². The van der Waals surface area contributed by atoms with E-state index in [4.69, 9.17) is 0 Å². The number of anilines is 1. The van der Waals surface area contributed by atoms with Gasteiger partial charge < -0.3 is 4.90 Å². The normalized spacial score (nSPS) is 12.2. The number of carbonyl (C=O) groups is 2. The van der Waals surface area contributed by atoms with Gasteiger partial charge in [-0.25, -0.2) is 17.5 Å². The number of rotatable bonds is 11. The summed E-state index contributed by atoms with van der Waals surface area (Å²) in [4.78, 5) is 28.5. The Balaban J connectivity index is 1.57. The van der Waals surface area contributed by atoms with Gasteiger partial charge in [-0.1, -0.05) is 60.7 Å². The van der Waals surface area contributed by atoms with Gasteiger partial charge in [-0.15, -0.1) is 0 Å². The Bertz CT molecular complexity index is 1570. The molecule has 0 bridgehead atoms. The Morgan fingerprint density at radius 3 is 2.27 bits per heavy atom. The minimum atomic E-state index is -4.19. The summed E-state index contributed by atoms with van der Waals surface area (Å²) >= 11 is 0. The van der Waals surface area contributed by atoms with Gasteiger partial charge >= 0.3 is 0 Å². The van der Waals surface area contributed by atoms with E-state index in [-0.39, 0.29) is 18.8 Å². The van der Waals surface area contributed by atoms with Gasteiger partial charge in [0, 0.05) is 18.4 Å². The Kier molecular flexibility index (Phi) is 9.23. The Morgan fingerprint density at radius 2 is 1.62 bits per heavy atom. The molecule has 4 rings (SSSR count). The molecule has 0 aliphatic carbocycles. The first-order valence-corrected chi connectivity index (χ1v) is 14.2. The first-order chi connectivity index (χ1) is 19.2. The monoisotopic (exact) mass is 560 g/mol. The summed E-state index contributed by atoms with van der Waals surface area (Å²) in [6.45, 7) is 2.41. The molecule has 0 aliphatic rings. The fourth-order valence-corrected chi connectivity index (χ4v) is 4.97. The predicted molar refractivity (Wildman–Crippen MR) is 152 cm³/mol. The molecule has 10 heteroatoms. The smallest absolute Gasteiger partial charge is 0.257 e. The zero-order valence-electron chi connectivity index (χ0n) is 21.9. The van der Waals surface area contributed by atoms with Gasteiger partial charge in [0.05, 0.1) is 18.1 Å². The van der Waals surface area contributed by atoms with Crippen LogP contribution in [-0.4, -0.2) is 36.6 Å². The maximum Gasteiger partial charge on any atom is 0.257 e. The lowest BCUT2D eigenvalue weighted by Crippen LogP contribution is -2.46. The quantitative estimate of drug-likeness (QED) is 0.274. The van der Waals surface area contributed by atoms with Crippen molar-refractivity contribution in [2.75, 3.05) is 11.4 Å². The van der Waals surface area contributed by atoms with Crippen molar-refractivity contribution in [2.24, 2.45) is 5.92 Å². The fraction of sp³-hybridized carbons (Fsp3) is 0.167. The molecule has 4 aromatic rings. The zero-order valence-corrected chi connectivity index (χ0v) is 22.7. The molecular weight excluding hydrogens is 531 g/mol. The highest BCUT2D eigenvalue weighted by molar-refractivity contribution is 7.93. The number of carbonyl (C=O) groups excluding carboxylic acids is 2. The van der Waals surface area contributed by atoms with E-state index < -0.39 is 27.8 Å². The molecule has 0 fully saturated rings. The van der Waals surface area contributed by atoms with E-state index >= 15 is 0 Å². The van der Waals surface area contributed by atoms with E-state index in [9.17, 15) is 22.4 Å². The van der Waals surface area contributed by atoms with Crippen molar-refractivity contribution in [3.8, 4) is 0 Å².